The van der Waals surface area contributed by atoms with Crippen LogP contribution in [-0.4, -0.2) is 34.6 Å². The van der Waals surface area contributed by atoms with Gasteiger partial charge in [0.25, 0.3) is 0 Å². The Morgan fingerprint density at radius 3 is 2.38 bits per heavy atom. The summed E-state index contributed by atoms with van der Waals surface area (Å²) in [6.45, 7) is 3.75. The maximum Gasteiger partial charge on any atom is 0.324 e. The van der Waals surface area contributed by atoms with Gasteiger partial charge in [0.05, 0.1) is 0 Å². The van der Waals surface area contributed by atoms with E-state index in [0.29, 0.717) is 6.42 Å². The predicted octanol–water partition coefficient (Wildman–Crippen LogP) is 4.73. The highest BCUT2D eigenvalue weighted by atomic mass is 16.4. The third-order valence-corrected chi connectivity index (χ3v) is 5.78. The minimum Gasteiger partial charge on any atom is -0.480 e. The fraction of sp³-hybridized carbons (Fsp3) is 0.435. The molecule has 26 heavy (non-hydrogen) atoms. The van der Waals surface area contributed by atoms with Crippen molar-refractivity contribution in [2.24, 2.45) is 0 Å². The van der Waals surface area contributed by atoms with Crippen LogP contribution in [0.25, 0.3) is 0 Å². The average Bonchev–Trinajstić information content (AvgIpc) is 2.68. The van der Waals surface area contributed by atoms with E-state index in [4.69, 9.17) is 0 Å². The van der Waals surface area contributed by atoms with Crippen LogP contribution >= 0.6 is 0 Å². The lowest BCUT2D eigenvalue weighted by atomic mass is 9.70. The number of carboxylic acids is 1. The summed E-state index contributed by atoms with van der Waals surface area (Å²) in [5, 5.41) is 10.4. The van der Waals surface area contributed by atoms with Gasteiger partial charge < -0.3 is 5.11 Å². The van der Waals surface area contributed by atoms with Crippen LogP contribution in [0, 0.1) is 0 Å². The van der Waals surface area contributed by atoms with Crippen molar-refractivity contribution in [3.63, 3.8) is 0 Å². The van der Waals surface area contributed by atoms with E-state index in [9.17, 15) is 9.90 Å². The molecule has 0 amide bonds. The quantitative estimate of drug-likeness (QED) is 0.784. The van der Waals surface area contributed by atoms with Gasteiger partial charge >= 0.3 is 5.97 Å². The summed E-state index contributed by atoms with van der Waals surface area (Å²) in [5.41, 5.74) is 1.63. The first kappa shape index (κ1) is 18.7. The van der Waals surface area contributed by atoms with Gasteiger partial charge in [-0.15, -0.1) is 0 Å². The normalized spacial score (nSPS) is 23.7. The molecule has 3 rings (SSSR count). The molecule has 2 aromatic rings. The maximum atomic E-state index is 12.6. The van der Waals surface area contributed by atoms with Gasteiger partial charge in [-0.05, 0) is 43.4 Å². The van der Waals surface area contributed by atoms with Gasteiger partial charge in [-0.2, -0.15) is 0 Å². The van der Waals surface area contributed by atoms with Crippen molar-refractivity contribution in [3.8, 4) is 0 Å². The lowest BCUT2D eigenvalue weighted by Gasteiger charge is -2.49. The van der Waals surface area contributed by atoms with Gasteiger partial charge in [-0.1, -0.05) is 74.0 Å². The SMILES string of the molecule is CCCC1(C(=O)O)C(c2ccccc2)CCCN1CCc1ccccc1. The lowest BCUT2D eigenvalue weighted by Crippen LogP contribution is -2.61. The standard InChI is InChI=1S/C23H29NO2/c1-2-16-23(22(25)26)21(20-12-7-4-8-13-20)14-9-17-24(23)18-15-19-10-5-3-6-11-19/h3-8,10-13,21H,2,9,14-18H2,1H3,(H,25,26). The number of rotatable bonds is 7. The van der Waals surface area contributed by atoms with Crippen molar-refractivity contribution in [3.05, 3.63) is 71.8 Å². The van der Waals surface area contributed by atoms with Crippen molar-refractivity contribution in [2.45, 2.75) is 50.5 Å². The number of aliphatic carboxylic acids is 1. The van der Waals surface area contributed by atoms with E-state index in [-0.39, 0.29) is 5.92 Å². The molecule has 1 aliphatic rings. The van der Waals surface area contributed by atoms with E-state index >= 15 is 0 Å². The van der Waals surface area contributed by atoms with Crippen LogP contribution in [0.4, 0.5) is 0 Å². The van der Waals surface area contributed by atoms with Gasteiger partial charge in [-0.25, -0.2) is 0 Å². The highest BCUT2D eigenvalue weighted by Crippen LogP contribution is 2.44. The van der Waals surface area contributed by atoms with Crippen molar-refractivity contribution >= 4 is 5.97 Å². The number of nitrogens with zero attached hydrogens (tertiary/aromatic N) is 1. The molecule has 1 N–H and O–H groups in total. The van der Waals surface area contributed by atoms with E-state index in [0.717, 1.165) is 44.3 Å². The molecular weight excluding hydrogens is 322 g/mol. The molecule has 0 bridgehead atoms. The van der Waals surface area contributed by atoms with Crippen LogP contribution in [0.5, 0.6) is 0 Å². The number of carboxylic acid groups (broad SMARTS) is 1. The van der Waals surface area contributed by atoms with E-state index < -0.39 is 11.5 Å². The molecular formula is C23H29NO2. The molecule has 2 atom stereocenters. The Hall–Kier alpha value is -2.13. The molecule has 1 fully saturated rings. The number of likely N-dealkylation sites (tertiary alicyclic amines) is 1. The van der Waals surface area contributed by atoms with Gasteiger partial charge in [0.1, 0.15) is 5.54 Å². The van der Waals surface area contributed by atoms with Gasteiger partial charge in [0, 0.05) is 12.5 Å². The topological polar surface area (TPSA) is 40.5 Å². The molecule has 0 saturated carbocycles. The van der Waals surface area contributed by atoms with Gasteiger partial charge in [0.15, 0.2) is 0 Å². The number of hydrogen-bond donors (Lipinski definition) is 1. The number of benzene rings is 2. The molecule has 3 heteroatoms. The molecule has 138 valence electrons. The minimum absolute atomic E-state index is 0.0469. The monoisotopic (exact) mass is 351 g/mol. The van der Waals surface area contributed by atoms with E-state index in [1.54, 1.807) is 0 Å². The second kappa shape index (κ2) is 8.50. The molecule has 1 heterocycles. The van der Waals surface area contributed by atoms with Gasteiger partial charge in [0.2, 0.25) is 0 Å². The van der Waals surface area contributed by atoms with Crippen LogP contribution < -0.4 is 0 Å². The zero-order valence-corrected chi connectivity index (χ0v) is 15.6. The Morgan fingerprint density at radius 1 is 1.12 bits per heavy atom. The highest BCUT2D eigenvalue weighted by Gasteiger charge is 2.51. The van der Waals surface area contributed by atoms with Gasteiger partial charge in [-0.3, -0.25) is 9.69 Å². The Bertz CT molecular complexity index is 701. The molecule has 0 aliphatic carbocycles. The largest absolute Gasteiger partial charge is 0.480 e. The molecule has 1 saturated heterocycles. The van der Waals surface area contributed by atoms with Crippen molar-refractivity contribution in [2.75, 3.05) is 13.1 Å². The van der Waals surface area contributed by atoms with Crippen LogP contribution in [0.2, 0.25) is 0 Å². The van der Waals surface area contributed by atoms with E-state index in [2.05, 4.69) is 48.2 Å². The van der Waals surface area contributed by atoms with Crippen molar-refractivity contribution in [1.82, 2.24) is 4.90 Å². The zero-order chi connectivity index (χ0) is 18.4. The fourth-order valence-electron chi connectivity index (χ4n) is 4.60. The number of hydrogen-bond acceptors (Lipinski definition) is 2. The smallest absolute Gasteiger partial charge is 0.324 e. The Morgan fingerprint density at radius 2 is 1.77 bits per heavy atom. The minimum atomic E-state index is -0.802. The van der Waals surface area contributed by atoms with Crippen molar-refractivity contribution in [1.29, 1.82) is 0 Å². The molecule has 0 aromatic heterocycles. The predicted molar refractivity (Wildman–Crippen MR) is 105 cm³/mol. The van der Waals surface area contributed by atoms with Crippen LogP contribution in [0.3, 0.4) is 0 Å². The number of piperidine rings is 1. The maximum absolute atomic E-state index is 12.6. The number of carbonyl (C=O) groups is 1. The first-order valence-corrected chi connectivity index (χ1v) is 9.75. The summed E-state index contributed by atoms with van der Waals surface area (Å²) in [4.78, 5) is 14.9. The first-order chi connectivity index (χ1) is 12.7. The summed E-state index contributed by atoms with van der Waals surface area (Å²) in [6, 6.07) is 20.6. The molecule has 0 radical (unpaired) electrons. The van der Waals surface area contributed by atoms with Crippen LogP contribution in [-0.2, 0) is 11.2 Å². The fourth-order valence-corrected chi connectivity index (χ4v) is 4.60. The Balaban J connectivity index is 1.92. The third kappa shape index (κ3) is 3.68. The molecule has 2 unspecified atom stereocenters. The Labute approximate surface area is 156 Å². The molecule has 3 nitrogen and oxygen atoms in total. The molecule has 2 aromatic carbocycles. The second-order valence-electron chi connectivity index (χ2n) is 7.31. The molecule has 0 spiro atoms. The first-order valence-electron chi connectivity index (χ1n) is 9.75. The van der Waals surface area contributed by atoms with Crippen LogP contribution in [0.1, 0.15) is 49.7 Å². The summed E-state index contributed by atoms with van der Waals surface area (Å²) in [5.74, 6) is -0.619. The van der Waals surface area contributed by atoms with Crippen molar-refractivity contribution < 1.29 is 9.90 Å². The highest BCUT2D eigenvalue weighted by molar-refractivity contribution is 5.80. The summed E-state index contributed by atoms with van der Waals surface area (Å²) in [6.07, 6.45) is 4.44. The summed E-state index contributed by atoms with van der Waals surface area (Å²) in [7, 11) is 0. The summed E-state index contributed by atoms with van der Waals surface area (Å²) >= 11 is 0. The lowest BCUT2D eigenvalue weighted by molar-refractivity contribution is -0.157. The molecule has 1 aliphatic heterocycles. The third-order valence-electron chi connectivity index (χ3n) is 5.78. The summed E-state index contributed by atoms with van der Waals surface area (Å²) < 4.78 is 0. The second-order valence-corrected chi connectivity index (χ2v) is 7.31. The Kier molecular flexibility index (Phi) is 6.10. The average molecular weight is 351 g/mol. The van der Waals surface area contributed by atoms with E-state index in [1.807, 2.05) is 24.3 Å². The van der Waals surface area contributed by atoms with Crippen LogP contribution in [0.15, 0.2) is 60.7 Å². The van der Waals surface area contributed by atoms with E-state index in [1.165, 1.54) is 5.56 Å². The zero-order valence-electron chi connectivity index (χ0n) is 15.6.